The van der Waals surface area contributed by atoms with Gasteiger partial charge in [-0.25, -0.2) is 4.98 Å². The topological polar surface area (TPSA) is 12.9 Å². The molecular formula is C12H11Cl2N. The van der Waals surface area contributed by atoms with Gasteiger partial charge < -0.3 is 0 Å². The third-order valence-electron chi connectivity index (χ3n) is 2.56. The second-order valence-electron chi connectivity index (χ2n) is 3.55. The highest BCUT2D eigenvalue weighted by Gasteiger charge is 2.08. The van der Waals surface area contributed by atoms with Gasteiger partial charge in [-0.1, -0.05) is 36.2 Å². The molecule has 1 heterocycles. The predicted octanol–water partition coefficient (Wildman–Crippen LogP) is 4.41. The van der Waals surface area contributed by atoms with Gasteiger partial charge in [0.05, 0.1) is 10.5 Å². The van der Waals surface area contributed by atoms with Crippen molar-refractivity contribution in [3.8, 4) is 0 Å². The minimum Gasteiger partial charge on any atom is -0.236 e. The van der Waals surface area contributed by atoms with Gasteiger partial charge >= 0.3 is 0 Å². The van der Waals surface area contributed by atoms with Crippen molar-refractivity contribution in [1.29, 1.82) is 0 Å². The highest BCUT2D eigenvalue weighted by atomic mass is 35.5. The average molecular weight is 240 g/mol. The van der Waals surface area contributed by atoms with Crippen molar-refractivity contribution in [3.63, 3.8) is 0 Å². The Morgan fingerprint density at radius 3 is 2.67 bits per heavy atom. The number of benzene rings is 1. The fourth-order valence-corrected chi connectivity index (χ4v) is 2.03. The van der Waals surface area contributed by atoms with E-state index >= 15 is 0 Å². The second kappa shape index (κ2) is 3.99. The molecule has 0 atom stereocenters. The summed E-state index contributed by atoms with van der Waals surface area (Å²) in [6, 6.07) is 6.09. The molecule has 15 heavy (non-hydrogen) atoms. The van der Waals surface area contributed by atoms with Gasteiger partial charge in [0.15, 0.2) is 0 Å². The lowest BCUT2D eigenvalue weighted by atomic mass is 10.1. The van der Waals surface area contributed by atoms with Crippen LogP contribution >= 0.6 is 23.2 Å². The normalized spacial score (nSPS) is 10.9. The maximum atomic E-state index is 6.24. The molecule has 1 nitrogen and oxygen atoms in total. The van der Waals surface area contributed by atoms with Crippen LogP contribution in [-0.4, -0.2) is 4.98 Å². The number of halogens is 2. The van der Waals surface area contributed by atoms with Gasteiger partial charge in [0.1, 0.15) is 5.15 Å². The number of nitrogens with zero attached hydrogens (tertiary/aromatic N) is 1. The summed E-state index contributed by atoms with van der Waals surface area (Å²) in [5.41, 5.74) is 2.96. The summed E-state index contributed by atoms with van der Waals surface area (Å²) >= 11 is 12.2. The van der Waals surface area contributed by atoms with Crippen LogP contribution in [0.1, 0.15) is 18.1 Å². The monoisotopic (exact) mass is 239 g/mol. The molecule has 0 unspecified atom stereocenters. The van der Waals surface area contributed by atoms with Crippen LogP contribution in [0.3, 0.4) is 0 Å². The van der Waals surface area contributed by atoms with Gasteiger partial charge in [0.25, 0.3) is 0 Å². The SMILES string of the molecule is CCc1ccc2nc(Cl)c(C)c(Cl)c2c1. The van der Waals surface area contributed by atoms with Gasteiger partial charge in [0.2, 0.25) is 0 Å². The van der Waals surface area contributed by atoms with E-state index in [1.54, 1.807) is 0 Å². The first kappa shape index (κ1) is 10.7. The van der Waals surface area contributed by atoms with Gasteiger partial charge in [-0.15, -0.1) is 0 Å². The first-order valence-electron chi connectivity index (χ1n) is 4.87. The molecule has 3 heteroatoms. The molecule has 0 N–H and O–H groups in total. The molecule has 0 bridgehead atoms. The number of aryl methyl sites for hydroxylation is 1. The summed E-state index contributed by atoms with van der Waals surface area (Å²) in [6.45, 7) is 4.00. The third-order valence-corrected chi connectivity index (χ3v) is 3.42. The van der Waals surface area contributed by atoms with E-state index in [-0.39, 0.29) is 0 Å². The molecule has 0 radical (unpaired) electrons. The lowest BCUT2D eigenvalue weighted by Gasteiger charge is -2.06. The number of aromatic nitrogens is 1. The van der Waals surface area contributed by atoms with Crippen LogP contribution in [0.2, 0.25) is 10.2 Å². The van der Waals surface area contributed by atoms with Crippen molar-refractivity contribution in [2.45, 2.75) is 20.3 Å². The fraction of sp³-hybridized carbons (Fsp3) is 0.250. The number of pyridine rings is 1. The van der Waals surface area contributed by atoms with Crippen molar-refractivity contribution in [2.24, 2.45) is 0 Å². The molecule has 0 spiro atoms. The van der Waals surface area contributed by atoms with Crippen LogP contribution in [-0.2, 0) is 6.42 Å². The molecule has 1 aromatic carbocycles. The van der Waals surface area contributed by atoms with Crippen molar-refractivity contribution in [2.75, 3.05) is 0 Å². The zero-order valence-electron chi connectivity index (χ0n) is 8.64. The zero-order chi connectivity index (χ0) is 11.0. The minimum atomic E-state index is 0.483. The number of hydrogen-bond donors (Lipinski definition) is 0. The lowest BCUT2D eigenvalue weighted by Crippen LogP contribution is -1.89. The maximum absolute atomic E-state index is 6.24. The van der Waals surface area contributed by atoms with Gasteiger partial charge in [-0.2, -0.15) is 0 Å². The van der Waals surface area contributed by atoms with Gasteiger partial charge in [-0.05, 0) is 31.0 Å². The molecule has 2 aromatic rings. The first-order chi connectivity index (χ1) is 7.13. The van der Waals surface area contributed by atoms with Crippen LogP contribution in [0.5, 0.6) is 0 Å². The Kier molecular flexibility index (Phi) is 2.85. The molecule has 0 aliphatic rings. The number of rotatable bonds is 1. The Balaban J connectivity index is 2.81. The Hall–Kier alpha value is -0.790. The summed E-state index contributed by atoms with van der Waals surface area (Å²) < 4.78 is 0. The summed E-state index contributed by atoms with van der Waals surface area (Å²) in [4.78, 5) is 4.29. The fourth-order valence-electron chi connectivity index (χ4n) is 1.56. The quantitative estimate of drug-likeness (QED) is 0.672. The Bertz CT molecular complexity index is 521. The van der Waals surface area contributed by atoms with Crippen LogP contribution in [0, 0.1) is 6.92 Å². The van der Waals surface area contributed by atoms with E-state index in [1.165, 1.54) is 5.56 Å². The number of hydrogen-bond acceptors (Lipinski definition) is 1. The van der Waals surface area contributed by atoms with Crippen molar-refractivity contribution < 1.29 is 0 Å². The van der Waals surface area contributed by atoms with Gasteiger partial charge in [0, 0.05) is 10.9 Å². The van der Waals surface area contributed by atoms with E-state index < -0.39 is 0 Å². The molecular weight excluding hydrogens is 229 g/mol. The summed E-state index contributed by atoms with van der Waals surface area (Å²) in [7, 11) is 0. The smallest absolute Gasteiger partial charge is 0.134 e. The van der Waals surface area contributed by atoms with Crippen LogP contribution < -0.4 is 0 Å². The Morgan fingerprint density at radius 2 is 2.00 bits per heavy atom. The van der Waals surface area contributed by atoms with E-state index in [0.29, 0.717) is 10.2 Å². The van der Waals surface area contributed by atoms with E-state index in [2.05, 4.69) is 24.0 Å². The molecule has 2 rings (SSSR count). The van der Waals surface area contributed by atoms with Crippen molar-refractivity contribution in [3.05, 3.63) is 39.5 Å². The molecule has 0 aliphatic heterocycles. The van der Waals surface area contributed by atoms with Crippen LogP contribution in [0.4, 0.5) is 0 Å². The highest BCUT2D eigenvalue weighted by Crippen LogP contribution is 2.30. The third kappa shape index (κ3) is 1.82. The van der Waals surface area contributed by atoms with E-state index in [9.17, 15) is 0 Å². The Labute approximate surface area is 99.0 Å². The minimum absolute atomic E-state index is 0.483. The van der Waals surface area contributed by atoms with Crippen LogP contribution in [0.25, 0.3) is 10.9 Å². The van der Waals surface area contributed by atoms with Crippen molar-refractivity contribution >= 4 is 34.1 Å². The molecule has 0 fully saturated rings. The molecule has 0 amide bonds. The predicted molar refractivity (Wildman–Crippen MR) is 65.9 cm³/mol. The maximum Gasteiger partial charge on any atom is 0.134 e. The zero-order valence-corrected chi connectivity index (χ0v) is 10.2. The summed E-state index contributed by atoms with van der Waals surface area (Å²) in [5.74, 6) is 0. The van der Waals surface area contributed by atoms with Crippen LogP contribution in [0.15, 0.2) is 18.2 Å². The molecule has 0 saturated carbocycles. The summed E-state index contributed by atoms with van der Waals surface area (Å²) in [6.07, 6.45) is 0.994. The van der Waals surface area contributed by atoms with Gasteiger partial charge in [-0.3, -0.25) is 0 Å². The van der Waals surface area contributed by atoms with E-state index in [0.717, 1.165) is 22.9 Å². The van der Waals surface area contributed by atoms with E-state index in [1.807, 2.05) is 13.0 Å². The molecule has 1 aromatic heterocycles. The number of fused-ring (bicyclic) bond motifs is 1. The first-order valence-corrected chi connectivity index (χ1v) is 5.63. The average Bonchev–Trinajstić information content (AvgIpc) is 2.26. The highest BCUT2D eigenvalue weighted by molar-refractivity contribution is 6.39. The Morgan fingerprint density at radius 1 is 1.27 bits per heavy atom. The standard InChI is InChI=1S/C12H11Cl2N/c1-3-8-4-5-10-9(6-8)11(13)7(2)12(14)15-10/h4-6H,3H2,1-2H3. The largest absolute Gasteiger partial charge is 0.236 e. The van der Waals surface area contributed by atoms with E-state index in [4.69, 9.17) is 23.2 Å². The molecule has 0 saturated heterocycles. The lowest BCUT2D eigenvalue weighted by molar-refractivity contribution is 1.14. The van der Waals surface area contributed by atoms with Crippen molar-refractivity contribution in [1.82, 2.24) is 4.98 Å². The summed E-state index contributed by atoms with van der Waals surface area (Å²) in [5, 5.41) is 2.18. The molecule has 0 aliphatic carbocycles. The molecule has 78 valence electrons. The second-order valence-corrected chi connectivity index (χ2v) is 4.28.